The van der Waals surface area contributed by atoms with Crippen LogP contribution in [-0.2, 0) is 0 Å². The molecule has 1 aliphatic heterocycles. The molecule has 1 N–H and O–H groups in total. The lowest BCUT2D eigenvalue weighted by atomic mass is 10.0. The Morgan fingerprint density at radius 3 is 2.95 bits per heavy atom. The molecule has 0 radical (unpaired) electrons. The van der Waals surface area contributed by atoms with Crippen molar-refractivity contribution in [3.05, 3.63) is 41.6 Å². The van der Waals surface area contributed by atoms with Gasteiger partial charge in [0.15, 0.2) is 0 Å². The lowest BCUT2D eigenvalue weighted by Crippen LogP contribution is -2.18. The summed E-state index contributed by atoms with van der Waals surface area (Å²) >= 11 is 1.91. The van der Waals surface area contributed by atoms with Gasteiger partial charge >= 0.3 is 0 Å². The van der Waals surface area contributed by atoms with Crippen LogP contribution in [0.25, 0.3) is 10.9 Å². The molecule has 1 saturated heterocycles. The average molecular weight is 273 g/mol. The van der Waals surface area contributed by atoms with Gasteiger partial charge in [-0.05, 0) is 49.3 Å². The number of pyridine rings is 1. The standard InChI is InChI=1S/C16H19NOS/c1-11-5-6-12-10-13(7-8-14(12)17-11)16(18)15-4-2-3-9-19-15/h5-8,10,15-16,18H,2-4,9H2,1H3. The number of hydrogen-bond acceptors (Lipinski definition) is 3. The highest BCUT2D eigenvalue weighted by Gasteiger charge is 2.23. The Hall–Kier alpha value is -1.06. The summed E-state index contributed by atoms with van der Waals surface area (Å²) in [6.07, 6.45) is 3.30. The Bertz CT molecular complexity index is 578. The van der Waals surface area contributed by atoms with Gasteiger partial charge in [-0.15, -0.1) is 0 Å². The maximum Gasteiger partial charge on any atom is 0.0908 e. The molecule has 2 atom stereocenters. The highest BCUT2D eigenvalue weighted by Crippen LogP contribution is 2.35. The molecule has 0 amide bonds. The number of nitrogens with zero attached hydrogens (tertiary/aromatic N) is 1. The zero-order valence-electron chi connectivity index (χ0n) is 11.2. The Morgan fingerprint density at radius 1 is 1.26 bits per heavy atom. The predicted octanol–water partition coefficient (Wildman–Crippen LogP) is 3.86. The molecule has 1 aromatic heterocycles. The molecular weight excluding hydrogens is 254 g/mol. The van der Waals surface area contributed by atoms with Gasteiger partial charge < -0.3 is 5.11 Å². The van der Waals surface area contributed by atoms with Gasteiger partial charge in [0.05, 0.1) is 11.6 Å². The normalized spacial score (nSPS) is 21.5. The van der Waals surface area contributed by atoms with Crippen LogP contribution in [0.3, 0.4) is 0 Å². The molecule has 1 fully saturated rings. The molecule has 1 aliphatic rings. The second-order valence-electron chi connectivity index (χ2n) is 5.25. The number of aromatic nitrogens is 1. The first kappa shape index (κ1) is 12.9. The number of fused-ring (bicyclic) bond motifs is 1. The summed E-state index contributed by atoms with van der Waals surface area (Å²) in [5, 5.41) is 12.0. The van der Waals surface area contributed by atoms with Crippen LogP contribution >= 0.6 is 11.8 Å². The zero-order valence-corrected chi connectivity index (χ0v) is 12.0. The van der Waals surface area contributed by atoms with Crippen molar-refractivity contribution in [3.63, 3.8) is 0 Å². The van der Waals surface area contributed by atoms with Crippen molar-refractivity contribution in [1.29, 1.82) is 0 Å². The zero-order chi connectivity index (χ0) is 13.2. The molecule has 0 spiro atoms. The fraction of sp³-hybridized carbons (Fsp3) is 0.438. The van der Waals surface area contributed by atoms with Crippen LogP contribution in [0.1, 0.15) is 36.6 Å². The molecule has 2 heterocycles. The SMILES string of the molecule is Cc1ccc2cc(C(O)C3CCCCS3)ccc2n1. The van der Waals surface area contributed by atoms with Gasteiger partial charge in [0.25, 0.3) is 0 Å². The molecule has 0 aliphatic carbocycles. The second kappa shape index (κ2) is 5.51. The summed E-state index contributed by atoms with van der Waals surface area (Å²) in [6.45, 7) is 2.00. The van der Waals surface area contributed by atoms with Crippen LogP contribution in [-0.4, -0.2) is 21.1 Å². The fourth-order valence-corrected chi connectivity index (χ4v) is 4.01. The van der Waals surface area contributed by atoms with Crippen LogP contribution in [0.2, 0.25) is 0 Å². The minimum Gasteiger partial charge on any atom is -0.387 e. The lowest BCUT2D eigenvalue weighted by molar-refractivity contribution is 0.169. The molecule has 3 rings (SSSR count). The van der Waals surface area contributed by atoms with Gasteiger partial charge in [-0.25, -0.2) is 0 Å². The molecule has 0 saturated carbocycles. The van der Waals surface area contributed by atoms with E-state index in [1.165, 1.54) is 18.6 Å². The maximum atomic E-state index is 10.5. The third-order valence-corrected chi connectivity index (χ3v) is 5.21. The van der Waals surface area contributed by atoms with Crippen molar-refractivity contribution in [2.75, 3.05) is 5.75 Å². The molecule has 0 bridgehead atoms. The minimum atomic E-state index is -0.351. The molecule has 19 heavy (non-hydrogen) atoms. The first-order valence-electron chi connectivity index (χ1n) is 6.91. The number of aliphatic hydroxyl groups is 1. The smallest absolute Gasteiger partial charge is 0.0908 e. The van der Waals surface area contributed by atoms with Crippen molar-refractivity contribution in [2.45, 2.75) is 37.5 Å². The lowest BCUT2D eigenvalue weighted by Gasteiger charge is -2.26. The van der Waals surface area contributed by atoms with Crippen LogP contribution in [0.4, 0.5) is 0 Å². The summed E-state index contributed by atoms with van der Waals surface area (Å²) in [7, 11) is 0. The number of thioether (sulfide) groups is 1. The number of rotatable bonds is 2. The largest absolute Gasteiger partial charge is 0.387 e. The van der Waals surface area contributed by atoms with Gasteiger partial charge in [-0.2, -0.15) is 11.8 Å². The van der Waals surface area contributed by atoms with Gasteiger partial charge in [-0.1, -0.05) is 18.6 Å². The van der Waals surface area contributed by atoms with E-state index in [9.17, 15) is 5.11 Å². The quantitative estimate of drug-likeness (QED) is 0.902. The van der Waals surface area contributed by atoms with E-state index >= 15 is 0 Å². The second-order valence-corrected chi connectivity index (χ2v) is 6.60. The van der Waals surface area contributed by atoms with Crippen molar-refractivity contribution < 1.29 is 5.11 Å². The molecular formula is C16H19NOS. The summed E-state index contributed by atoms with van der Waals surface area (Å²) in [5.41, 5.74) is 3.06. The van der Waals surface area contributed by atoms with Gasteiger partial charge in [0, 0.05) is 16.3 Å². The summed E-state index contributed by atoms with van der Waals surface area (Å²) in [4.78, 5) is 4.50. The van der Waals surface area contributed by atoms with Crippen LogP contribution < -0.4 is 0 Å². The highest BCUT2D eigenvalue weighted by atomic mass is 32.2. The van der Waals surface area contributed by atoms with E-state index in [1.807, 2.05) is 36.9 Å². The summed E-state index contributed by atoms with van der Waals surface area (Å²) in [6, 6.07) is 10.2. The minimum absolute atomic E-state index is 0.351. The monoisotopic (exact) mass is 273 g/mol. The summed E-state index contributed by atoms with van der Waals surface area (Å²) in [5.74, 6) is 1.18. The van der Waals surface area contributed by atoms with E-state index in [-0.39, 0.29) is 6.10 Å². The number of hydrogen-bond donors (Lipinski definition) is 1. The third-order valence-electron chi connectivity index (χ3n) is 3.76. The topological polar surface area (TPSA) is 33.1 Å². The van der Waals surface area contributed by atoms with Gasteiger partial charge in [-0.3, -0.25) is 4.98 Å². The average Bonchev–Trinajstić information content (AvgIpc) is 2.47. The molecule has 1 aromatic carbocycles. The van der Waals surface area contributed by atoms with E-state index < -0.39 is 0 Å². The van der Waals surface area contributed by atoms with Crippen LogP contribution in [0, 0.1) is 6.92 Å². The van der Waals surface area contributed by atoms with E-state index in [1.54, 1.807) is 0 Å². The van der Waals surface area contributed by atoms with Gasteiger partial charge in [0.2, 0.25) is 0 Å². The van der Waals surface area contributed by atoms with Crippen molar-refractivity contribution in [1.82, 2.24) is 4.98 Å². The molecule has 3 heteroatoms. The fourth-order valence-electron chi connectivity index (χ4n) is 2.66. The highest BCUT2D eigenvalue weighted by molar-refractivity contribution is 7.99. The van der Waals surface area contributed by atoms with Gasteiger partial charge in [0.1, 0.15) is 0 Å². The van der Waals surface area contributed by atoms with E-state index in [4.69, 9.17) is 0 Å². The number of aryl methyl sites for hydroxylation is 1. The Balaban J connectivity index is 1.89. The predicted molar refractivity (Wildman–Crippen MR) is 81.5 cm³/mol. The van der Waals surface area contributed by atoms with Crippen LogP contribution in [0.5, 0.6) is 0 Å². The Morgan fingerprint density at radius 2 is 2.16 bits per heavy atom. The van der Waals surface area contributed by atoms with Crippen molar-refractivity contribution >= 4 is 22.7 Å². The molecule has 100 valence electrons. The maximum absolute atomic E-state index is 10.5. The van der Waals surface area contributed by atoms with Crippen molar-refractivity contribution in [2.24, 2.45) is 0 Å². The van der Waals surface area contributed by atoms with E-state index in [2.05, 4.69) is 17.1 Å². The summed E-state index contributed by atoms with van der Waals surface area (Å²) < 4.78 is 0. The van der Waals surface area contributed by atoms with E-state index in [0.29, 0.717) is 5.25 Å². The molecule has 2 nitrogen and oxygen atoms in total. The number of aliphatic hydroxyl groups excluding tert-OH is 1. The third kappa shape index (κ3) is 2.77. The molecule has 2 aromatic rings. The Kier molecular flexibility index (Phi) is 3.76. The van der Waals surface area contributed by atoms with Crippen molar-refractivity contribution in [3.8, 4) is 0 Å². The Labute approximate surface area is 118 Å². The van der Waals surface area contributed by atoms with Crippen LogP contribution in [0.15, 0.2) is 30.3 Å². The molecule has 2 unspecified atom stereocenters. The van der Waals surface area contributed by atoms with E-state index in [0.717, 1.165) is 28.6 Å². The number of benzene rings is 1. The first-order valence-corrected chi connectivity index (χ1v) is 7.96. The first-order chi connectivity index (χ1) is 9.24.